The first-order valence-electron chi connectivity index (χ1n) is 4.14. The molecule has 70 valence electrons. The van der Waals surface area contributed by atoms with E-state index in [2.05, 4.69) is 11.7 Å². The molecule has 0 amide bonds. The Kier molecular flexibility index (Phi) is 1.85. The lowest BCUT2D eigenvalue weighted by Gasteiger charge is -2.05. The molecule has 0 aromatic heterocycles. The van der Waals surface area contributed by atoms with Gasteiger partial charge in [-0.3, -0.25) is 4.99 Å². The first-order chi connectivity index (χ1) is 6.74. The Morgan fingerprint density at radius 3 is 2.36 bits per heavy atom. The zero-order valence-electron chi connectivity index (χ0n) is 7.44. The van der Waals surface area contributed by atoms with E-state index in [1.54, 1.807) is 24.3 Å². The second-order valence-corrected chi connectivity index (χ2v) is 2.97. The van der Waals surface area contributed by atoms with Crippen LogP contribution < -0.4 is 0 Å². The summed E-state index contributed by atoms with van der Waals surface area (Å²) in [6, 6.07) is 8.43. The number of fused-ring (bicyclic) bond motifs is 1. The van der Waals surface area contributed by atoms with Gasteiger partial charge in [-0.15, -0.1) is 0 Å². The Labute approximate surface area is 81.0 Å². The summed E-state index contributed by atoms with van der Waals surface area (Å²) >= 11 is 0. The summed E-state index contributed by atoms with van der Waals surface area (Å²) in [6.07, 6.45) is 0. The number of benzene rings is 2. The third kappa shape index (κ3) is 1.10. The van der Waals surface area contributed by atoms with Crippen LogP contribution in [0.2, 0.25) is 0 Å². The zero-order chi connectivity index (χ0) is 10.1. The van der Waals surface area contributed by atoms with Gasteiger partial charge in [-0.05, 0) is 6.72 Å². The average molecular weight is 187 g/mol. The number of nitrogens with zero attached hydrogens (tertiary/aromatic N) is 1. The summed E-state index contributed by atoms with van der Waals surface area (Å²) in [4.78, 5) is 3.62. The molecular weight excluding hydrogens is 178 g/mol. The molecule has 0 saturated heterocycles. The first kappa shape index (κ1) is 8.56. The largest absolute Gasteiger partial charge is 0.507 e. The number of rotatable bonds is 1. The van der Waals surface area contributed by atoms with Gasteiger partial charge in [0, 0.05) is 16.8 Å². The number of hydrogen-bond donors (Lipinski definition) is 2. The molecule has 0 fully saturated rings. The summed E-state index contributed by atoms with van der Waals surface area (Å²) in [7, 11) is 0. The first-order valence-corrected chi connectivity index (χ1v) is 4.14. The normalized spacial score (nSPS) is 10.3. The van der Waals surface area contributed by atoms with E-state index in [1.807, 2.05) is 0 Å². The molecule has 0 spiro atoms. The summed E-state index contributed by atoms with van der Waals surface area (Å²) < 4.78 is 0. The second kappa shape index (κ2) is 3.03. The Bertz CT molecular complexity index is 506. The number of aliphatic imine (C=N–C) groups is 1. The lowest BCUT2D eigenvalue weighted by atomic mass is 10.1. The minimum Gasteiger partial charge on any atom is -0.507 e. The van der Waals surface area contributed by atoms with E-state index in [0.29, 0.717) is 16.5 Å². The molecule has 3 heteroatoms. The molecule has 2 aromatic rings. The van der Waals surface area contributed by atoms with Crippen LogP contribution in [0.4, 0.5) is 5.69 Å². The van der Waals surface area contributed by atoms with Crippen LogP contribution in [0.5, 0.6) is 11.5 Å². The van der Waals surface area contributed by atoms with E-state index >= 15 is 0 Å². The van der Waals surface area contributed by atoms with E-state index in [4.69, 9.17) is 0 Å². The molecule has 0 heterocycles. The molecular formula is C11H9NO2. The molecule has 0 bridgehead atoms. The van der Waals surface area contributed by atoms with Gasteiger partial charge in [-0.25, -0.2) is 0 Å². The zero-order valence-corrected chi connectivity index (χ0v) is 7.44. The van der Waals surface area contributed by atoms with Crippen molar-refractivity contribution >= 4 is 23.2 Å². The molecule has 0 aliphatic rings. The van der Waals surface area contributed by atoms with Crippen molar-refractivity contribution in [3.8, 4) is 11.5 Å². The summed E-state index contributed by atoms with van der Waals surface area (Å²) in [6.45, 7) is 3.32. The van der Waals surface area contributed by atoms with Crippen molar-refractivity contribution in [1.82, 2.24) is 0 Å². The summed E-state index contributed by atoms with van der Waals surface area (Å²) in [5, 5.41) is 20.5. The van der Waals surface area contributed by atoms with Gasteiger partial charge in [0.05, 0.1) is 0 Å². The third-order valence-corrected chi connectivity index (χ3v) is 2.14. The molecule has 0 atom stereocenters. The maximum atomic E-state index is 9.73. The van der Waals surface area contributed by atoms with Crippen molar-refractivity contribution in [2.75, 3.05) is 0 Å². The van der Waals surface area contributed by atoms with Crippen LogP contribution in [-0.2, 0) is 0 Å². The quantitative estimate of drug-likeness (QED) is 0.532. The highest BCUT2D eigenvalue weighted by Gasteiger charge is 2.08. The fraction of sp³-hybridized carbons (Fsp3) is 0. The number of aromatic hydroxyl groups is 2. The lowest BCUT2D eigenvalue weighted by molar-refractivity contribution is 0.471. The van der Waals surface area contributed by atoms with E-state index < -0.39 is 0 Å². The molecule has 0 unspecified atom stereocenters. The number of phenols is 2. The highest BCUT2D eigenvalue weighted by Crippen LogP contribution is 2.39. The monoisotopic (exact) mass is 187 g/mol. The van der Waals surface area contributed by atoms with Gasteiger partial charge in [-0.1, -0.05) is 24.3 Å². The van der Waals surface area contributed by atoms with Crippen molar-refractivity contribution in [3.63, 3.8) is 0 Å². The van der Waals surface area contributed by atoms with Crippen LogP contribution in [0.3, 0.4) is 0 Å². The van der Waals surface area contributed by atoms with E-state index in [1.165, 1.54) is 6.07 Å². The SMILES string of the molecule is C=Nc1cc(O)c2ccccc2c1O. The van der Waals surface area contributed by atoms with Crippen LogP contribution in [0.25, 0.3) is 10.8 Å². The molecule has 2 N–H and O–H groups in total. The molecule has 0 aliphatic carbocycles. The fourth-order valence-corrected chi connectivity index (χ4v) is 1.45. The topological polar surface area (TPSA) is 52.8 Å². The molecule has 0 saturated carbocycles. The van der Waals surface area contributed by atoms with Gasteiger partial charge < -0.3 is 10.2 Å². The third-order valence-electron chi connectivity index (χ3n) is 2.14. The molecule has 0 aliphatic heterocycles. The molecule has 0 radical (unpaired) electrons. The van der Waals surface area contributed by atoms with E-state index in [0.717, 1.165) is 0 Å². The van der Waals surface area contributed by atoms with Crippen molar-refractivity contribution in [1.29, 1.82) is 0 Å². The molecule has 3 nitrogen and oxygen atoms in total. The molecule has 14 heavy (non-hydrogen) atoms. The average Bonchev–Trinajstić information content (AvgIpc) is 2.23. The van der Waals surface area contributed by atoms with Crippen molar-refractivity contribution in [2.24, 2.45) is 4.99 Å². The minimum absolute atomic E-state index is 0.0494. The van der Waals surface area contributed by atoms with Crippen molar-refractivity contribution < 1.29 is 10.2 Å². The maximum Gasteiger partial charge on any atom is 0.149 e. The van der Waals surface area contributed by atoms with Gasteiger partial charge >= 0.3 is 0 Å². The Morgan fingerprint density at radius 2 is 1.71 bits per heavy atom. The van der Waals surface area contributed by atoms with Crippen LogP contribution in [-0.4, -0.2) is 16.9 Å². The number of phenolic OH excluding ortho intramolecular Hbond substituents is 2. The van der Waals surface area contributed by atoms with Crippen LogP contribution in [0.15, 0.2) is 35.3 Å². The smallest absolute Gasteiger partial charge is 0.149 e. The Balaban J connectivity index is 2.94. The predicted molar refractivity (Wildman–Crippen MR) is 56.5 cm³/mol. The Hall–Kier alpha value is -2.03. The maximum absolute atomic E-state index is 9.73. The number of hydrogen-bond acceptors (Lipinski definition) is 3. The second-order valence-electron chi connectivity index (χ2n) is 2.97. The highest BCUT2D eigenvalue weighted by atomic mass is 16.3. The standard InChI is InChI=1S/C11H9NO2/c1-12-9-6-10(13)7-4-2-3-5-8(7)11(9)14/h2-6,13-14H,1H2. The van der Waals surface area contributed by atoms with E-state index in [-0.39, 0.29) is 11.5 Å². The fourth-order valence-electron chi connectivity index (χ4n) is 1.45. The highest BCUT2D eigenvalue weighted by molar-refractivity contribution is 5.97. The van der Waals surface area contributed by atoms with Gasteiger partial charge in [0.1, 0.15) is 17.2 Å². The van der Waals surface area contributed by atoms with Gasteiger partial charge in [0.25, 0.3) is 0 Å². The van der Waals surface area contributed by atoms with Gasteiger partial charge in [0.2, 0.25) is 0 Å². The van der Waals surface area contributed by atoms with Crippen LogP contribution in [0, 0.1) is 0 Å². The van der Waals surface area contributed by atoms with E-state index in [9.17, 15) is 10.2 Å². The summed E-state index contributed by atoms with van der Waals surface area (Å²) in [5.41, 5.74) is 0.293. The van der Waals surface area contributed by atoms with Crippen molar-refractivity contribution in [3.05, 3.63) is 30.3 Å². The summed E-state index contributed by atoms with van der Waals surface area (Å²) in [5.74, 6) is 0.147. The molecule has 2 rings (SSSR count). The lowest BCUT2D eigenvalue weighted by Crippen LogP contribution is -1.76. The Morgan fingerprint density at radius 1 is 1.07 bits per heavy atom. The van der Waals surface area contributed by atoms with Gasteiger partial charge in [0.15, 0.2) is 0 Å². The van der Waals surface area contributed by atoms with Gasteiger partial charge in [-0.2, -0.15) is 0 Å². The predicted octanol–water partition coefficient (Wildman–Crippen LogP) is 2.58. The van der Waals surface area contributed by atoms with Crippen molar-refractivity contribution in [2.45, 2.75) is 0 Å². The van der Waals surface area contributed by atoms with Crippen LogP contribution >= 0.6 is 0 Å². The van der Waals surface area contributed by atoms with Crippen LogP contribution in [0.1, 0.15) is 0 Å². The minimum atomic E-state index is 0.0494. The molecule has 2 aromatic carbocycles.